The molecular formula is C13H16N2O2. The minimum Gasteiger partial charge on any atom is -0.462 e. The maximum absolute atomic E-state index is 8.89. The number of aliphatic hydroxyl groups is 1. The fourth-order valence-corrected chi connectivity index (χ4v) is 1.63. The quantitative estimate of drug-likeness (QED) is 0.828. The Balaban J connectivity index is 1.90. The topological polar surface area (TPSA) is 58.3 Å². The highest BCUT2D eigenvalue weighted by molar-refractivity contribution is 5.14. The molecule has 0 aromatic carbocycles. The van der Waals surface area contributed by atoms with Crippen LogP contribution in [-0.2, 0) is 13.2 Å². The van der Waals surface area contributed by atoms with Gasteiger partial charge in [-0.2, -0.15) is 0 Å². The zero-order valence-corrected chi connectivity index (χ0v) is 9.76. The fourth-order valence-electron chi connectivity index (χ4n) is 1.63. The molecule has 0 aliphatic rings. The number of hydrogen-bond donors (Lipinski definition) is 2. The van der Waals surface area contributed by atoms with Crippen molar-refractivity contribution in [2.45, 2.75) is 26.1 Å². The third kappa shape index (κ3) is 3.15. The molecule has 2 heterocycles. The Morgan fingerprint density at radius 2 is 1.94 bits per heavy atom. The minimum absolute atomic E-state index is 0.0556. The highest BCUT2D eigenvalue weighted by Gasteiger charge is 2.06. The fraction of sp³-hybridized carbons (Fsp3) is 0.308. The van der Waals surface area contributed by atoms with Crippen molar-refractivity contribution < 1.29 is 9.52 Å². The molecule has 4 nitrogen and oxygen atoms in total. The van der Waals surface area contributed by atoms with Crippen LogP contribution in [0.5, 0.6) is 0 Å². The van der Waals surface area contributed by atoms with Gasteiger partial charge >= 0.3 is 0 Å². The second-order valence-electron chi connectivity index (χ2n) is 3.91. The Kier molecular flexibility index (Phi) is 3.90. The minimum atomic E-state index is -0.0556. The Hall–Kier alpha value is -1.65. The lowest BCUT2D eigenvalue weighted by atomic mass is 10.1. The van der Waals surface area contributed by atoms with Crippen LogP contribution in [0.15, 0.2) is 41.1 Å². The van der Waals surface area contributed by atoms with Crippen LogP contribution in [0.1, 0.15) is 30.0 Å². The molecule has 4 heteroatoms. The van der Waals surface area contributed by atoms with Crippen molar-refractivity contribution in [3.63, 3.8) is 0 Å². The van der Waals surface area contributed by atoms with Crippen LogP contribution in [0, 0.1) is 0 Å². The number of aliphatic hydroxyl groups excluding tert-OH is 1. The van der Waals surface area contributed by atoms with E-state index >= 15 is 0 Å². The second kappa shape index (κ2) is 5.61. The van der Waals surface area contributed by atoms with Gasteiger partial charge in [0.1, 0.15) is 18.1 Å². The molecule has 0 fully saturated rings. The molecule has 1 atom stereocenters. The largest absolute Gasteiger partial charge is 0.462 e. The van der Waals surface area contributed by atoms with Gasteiger partial charge in [-0.25, -0.2) is 0 Å². The van der Waals surface area contributed by atoms with Crippen LogP contribution in [0.4, 0.5) is 0 Å². The highest BCUT2D eigenvalue weighted by atomic mass is 16.4. The number of hydrogen-bond acceptors (Lipinski definition) is 4. The first-order valence-electron chi connectivity index (χ1n) is 5.61. The van der Waals surface area contributed by atoms with Gasteiger partial charge in [0.05, 0.1) is 6.54 Å². The molecule has 2 aromatic rings. The lowest BCUT2D eigenvalue weighted by Gasteiger charge is -2.12. The van der Waals surface area contributed by atoms with Crippen LogP contribution in [0.2, 0.25) is 0 Å². The molecule has 1 unspecified atom stereocenters. The van der Waals surface area contributed by atoms with E-state index in [-0.39, 0.29) is 12.6 Å². The van der Waals surface area contributed by atoms with E-state index in [0.29, 0.717) is 12.3 Å². The summed E-state index contributed by atoms with van der Waals surface area (Å²) in [6, 6.07) is 7.87. The number of furan rings is 1. The van der Waals surface area contributed by atoms with E-state index in [2.05, 4.69) is 17.2 Å². The van der Waals surface area contributed by atoms with Gasteiger partial charge in [-0.1, -0.05) is 0 Å². The Morgan fingerprint density at radius 1 is 1.24 bits per heavy atom. The smallest absolute Gasteiger partial charge is 0.129 e. The van der Waals surface area contributed by atoms with Crippen molar-refractivity contribution in [2.75, 3.05) is 0 Å². The predicted molar refractivity (Wildman–Crippen MR) is 64.1 cm³/mol. The number of aromatic nitrogens is 1. The van der Waals surface area contributed by atoms with Gasteiger partial charge in [-0.15, -0.1) is 0 Å². The number of nitrogens with zero attached hydrogens (tertiary/aromatic N) is 1. The number of nitrogens with one attached hydrogen (secondary N) is 1. The Morgan fingerprint density at radius 3 is 2.59 bits per heavy atom. The molecule has 2 rings (SSSR count). The van der Waals surface area contributed by atoms with Crippen molar-refractivity contribution in [1.82, 2.24) is 10.3 Å². The molecule has 0 spiro atoms. The summed E-state index contributed by atoms with van der Waals surface area (Å²) < 4.78 is 5.39. The molecule has 0 amide bonds. The van der Waals surface area contributed by atoms with E-state index in [4.69, 9.17) is 9.52 Å². The Bertz CT molecular complexity index is 453. The Labute approximate surface area is 100 Å². The average Bonchev–Trinajstić information content (AvgIpc) is 2.85. The third-order valence-corrected chi connectivity index (χ3v) is 2.66. The van der Waals surface area contributed by atoms with E-state index in [1.54, 1.807) is 18.5 Å². The summed E-state index contributed by atoms with van der Waals surface area (Å²) in [6.45, 7) is 2.68. The zero-order chi connectivity index (χ0) is 12.1. The lowest BCUT2D eigenvalue weighted by Crippen LogP contribution is -2.17. The summed E-state index contributed by atoms with van der Waals surface area (Å²) >= 11 is 0. The average molecular weight is 232 g/mol. The van der Waals surface area contributed by atoms with Gasteiger partial charge in [-0.3, -0.25) is 4.98 Å². The summed E-state index contributed by atoms with van der Waals surface area (Å²) in [5.74, 6) is 1.42. The molecule has 0 bridgehead atoms. The normalized spacial score (nSPS) is 12.6. The van der Waals surface area contributed by atoms with Crippen molar-refractivity contribution >= 4 is 0 Å². The molecule has 0 aliphatic heterocycles. The molecule has 2 N–H and O–H groups in total. The lowest BCUT2D eigenvalue weighted by molar-refractivity contribution is 0.242. The van der Waals surface area contributed by atoms with Crippen molar-refractivity contribution in [1.29, 1.82) is 0 Å². The zero-order valence-electron chi connectivity index (χ0n) is 9.76. The maximum atomic E-state index is 8.89. The van der Waals surface area contributed by atoms with Crippen LogP contribution in [0.3, 0.4) is 0 Å². The summed E-state index contributed by atoms with van der Waals surface area (Å²) in [5, 5.41) is 12.2. The van der Waals surface area contributed by atoms with E-state index in [0.717, 1.165) is 5.76 Å². The number of pyridine rings is 1. The third-order valence-electron chi connectivity index (χ3n) is 2.66. The first-order chi connectivity index (χ1) is 8.29. The molecule has 17 heavy (non-hydrogen) atoms. The second-order valence-corrected chi connectivity index (χ2v) is 3.91. The first-order valence-corrected chi connectivity index (χ1v) is 5.61. The van der Waals surface area contributed by atoms with E-state index in [1.807, 2.05) is 18.2 Å². The van der Waals surface area contributed by atoms with Gasteiger partial charge in [0.25, 0.3) is 0 Å². The van der Waals surface area contributed by atoms with Crippen molar-refractivity contribution in [3.8, 4) is 0 Å². The van der Waals surface area contributed by atoms with Crippen molar-refractivity contribution in [2.24, 2.45) is 0 Å². The van der Waals surface area contributed by atoms with Crippen LogP contribution >= 0.6 is 0 Å². The highest BCUT2D eigenvalue weighted by Crippen LogP contribution is 2.13. The van der Waals surface area contributed by atoms with E-state index < -0.39 is 0 Å². The summed E-state index contributed by atoms with van der Waals surface area (Å²) in [5.41, 5.74) is 1.19. The summed E-state index contributed by atoms with van der Waals surface area (Å²) in [6.07, 6.45) is 3.56. The van der Waals surface area contributed by atoms with Crippen LogP contribution in [-0.4, -0.2) is 10.1 Å². The van der Waals surface area contributed by atoms with E-state index in [9.17, 15) is 0 Å². The molecule has 0 aliphatic carbocycles. The molecule has 2 aromatic heterocycles. The molecule has 0 saturated carbocycles. The van der Waals surface area contributed by atoms with E-state index in [1.165, 1.54) is 5.56 Å². The van der Waals surface area contributed by atoms with Crippen LogP contribution < -0.4 is 5.32 Å². The number of rotatable bonds is 5. The first kappa shape index (κ1) is 11.8. The van der Waals surface area contributed by atoms with Gasteiger partial charge in [-0.05, 0) is 36.8 Å². The molecular weight excluding hydrogens is 216 g/mol. The predicted octanol–water partition coefficient (Wildman–Crippen LogP) is 2.02. The molecule has 90 valence electrons. The summed E-state index contributed by atoms with van der Waals surface area (Å²) in [4.78, 5) is 3.99. The van der Waals surface area contributed by atoms with Gasteiger partial charge < -0.3 is 14.8 Å². The van der Waals surface area contributed by atoms with Crippen molar-refractivity contribution in [3.05, 3.63) is 53.7 Å². The monoisotopic (exact) mass is 232 g/mol. The van der Waals surface area contributed by atoms with Crippen LogP contribution in [0.25, 0.3) is 0 Å². The SMILES string of the molecule is CC(NCc1ccc(CO)o1)c1ccncc1. The van der Waals surface area contributed by atoms with Gasteiger partial charge in [0.15, 0.2) is 0 Å². The molecule has 0 radical (unpaired) electrons. The maximum Gasteiger partial charge on any atom is 0.129 e. The van der Waals surface area contributed by atoms with Gasteiger partial charge in [0.2, 0.25) is 0 Å². The standard InChI is InChI=1S/C13H16N2O2/c1-10(11-4-6-14-7-5-11)15-8-12-2-3-13(9-16)17-12/h2-7,10,15-16H,8-9H2,1H3. The summed E-state index contributed by atoms with van der Waals surface area (Å²) in [7, 11) is 0. The molecule has 0 saturated heterocycles. The van der Waals surface area contributed by atoms with Gasteiger partial charge in [0, 0.05) is 18.4 Å².